The van der Waals surface area contributed by atoms with Gasteiger partial charge in [0.25, 0.3) is 0 Å². The average molecular weight is 278 g/mol. The molecule has 1 N–H and O–H groups in total. The molecule has 0 bridgehead atoms. The Bertz CT molecular complexity index is 301. The maximum atomic E-state index is 10.3. The van der Waals surface area contributed by atoms with Gasteiger partial charge in [0.05, 0.1) is 0 Å². The molecular formula is C18H30O2. The molecule has 2 nitrogen and oxygen atoms in total. The second kappa shape index (κ2) is 15.7. The van der Waals surface area contributed by atoms with E-state index < -0.39 is 5.97 Å². The van der Waals surface area contributed by atoms with Crippen LogP contribution in [-0.4, -0.2) is 11.1 Å². The van der Waals surface area contributed by atoms with Crippen molar-refractivity contribution in [2.75, 3.05) is 0 Å². The fraction of sp³-hybridized carbons (Fsp3) is 0.611. The lowest BCUT2D eigenvalue weighted by molar-refractivity contribution is -0.137. The number of allylic oxidation sites excluding steroid dienone is 6. The summed E-state index contributed by atoms with van der Waals surface area (Å²) in [6.45, 7) is 2.23. The number of carbonyl (C=O) groups is 1. The molecule has 0 aromatic heterocycles. The van der Waals surface area contributed by atoms with Gasteiger partial charge in [0.2, 0.25) is 0 Å². The van der Waals surface area contributed by atoms with E-state index in [1.54, 1.807) is 0 Å². The monoisotopic (exact) mass is 278 g/mol. The zero-order chi connectivity index (χ0) is 14.9. The lowest BCUT2D eigenvalue weighted by Crippen LogP contribution is -1.92. The second-order valence-electron chi connectivity index (χ2n) is 5.02. The van der Waals surface area contributed by atoms with Gasteiger partial charge < -0.3 is 5.11 Å². The van der Waals surface area contributed by atoms with Crippen LogP contribution in [0.25, 0.3) is 0 Å². The van der Waals surface area contributed by atoms with Gasteiger partial charge in [-0.25, -0.2) is 0 Å². The summed E-state index contributed by atoms with van der Waals surface area (Å²) in [6.07, 6.45) is 23.3. The predicted molar refractivity (Wildman–Crippen MR) is 86.9 cm³/mol. The molecule has 0 radical (unpaired) electrons. The standard InChI is InChI=1S/C18H30O2/c1-2-3-4-5-6-7-8-9-10-11-12-13-14-15-16-17-18(19)20/h6-7,9-10,12-13H,2-5,8,11,14-17H2,1H3,(H,19,20)/b7-6+,10-9+,13-12+. The van der Waals surface area contributed by atoms with Crippen LogP contribution in [0.4, 0.5) is 0 Å². The van der Waals surface area contributed by atoms with Crippen molar-refractivity contribution in [2.45, 2.75) is 71.1 Å². The maximum absolute atomic E-state index is 10.3. The van der Waals surface area contributed by atoms with E-state index in [-0.39, 0.29) is 0 Å². The molecule has 0 aliphatic carbocycles. The molecule has 0 heterocycles. The van der Waals surface area contributed by atoms with Crippen molar-refractivity contribution in [3.63, 3.8) is 0 Å². The molecule has 0 aliphatic rings. The second-order valence-corrected chi connectivity index (χ2v) is 5.02. The molecule has 0 unspecified atom stereocenters. The SMILES string of the molecule is CCCCC/C=C/C/C=C/C/C=C/CCCCC(=O)O. The minimum atomic E-state index is -0.695. The van der Waals surface area contributed by atoms with Gasteiger partial charge in [-0.1, -0.05) is 56.2 Å². The van der Waals surface area contributed by atoms with Crippen molar-refractivity contribution in [1.29, 1.82) is 0 Å². The van der Waals surface area contributed by atoms with Crippen molar-refractivity contribution in [3.8, 4) is 0 Å². The molecule has 0 spiro atoms. The molecule has 0 aromatic carbocycles. The van der Waals surface area contributed by atoms with Crippen molar-refractivity contribution in [1.82, 2.24) is 0 Å². The van der Waals surface area contributed by atoms with E-state index in [0.29, 0.717) is 6.42 Å². The highest BCUT2D eigenvalue weighted by atomic mass is 16.4. The Labute approximate surface area is 124 Å². The van der Waals surface area contributed by atoms with E-state index in [2.05, 4.69) is 43.4 Å². The number of rotatable bonds is 13. The molecule has 0 aromatic rings. The Morgan fingerprint density at radius 1 is 0.800 bits per heavy atom. The van der Waals surface area contributed by atoms with E-state index in [4.69, 9.17) is 5.11 Å². The Morgan fingerprint density at radius 3 is 1.80 bits per heavy atom. The molecule has 0 amide bonds. The highest BCUT2D eigenvalue weighted by molar-refractivity contribution is 5.66. The number of carboxylic acid groups (broad SMARTS) is 1. The summed E-state index contributed by atoms with van der Waals surface area (Å²) < 4.78 is 0. The van der Waals surface area contributed by atoms with Gasteiger partial charge in [0, 0.05) is 6.42 Å². The summed E-state index contributed by atoms with van der Waals surface area (Å²) in [6, 6.07) is 0. The Balaban J connectivity index is 3.32. The number of hydrogen-bond donors (Lipinski definition) is 1. The molecule has 0 rings (SSSR count). The first-order valence-electron chi connectivity index (χ1n) is 7.94. The van der Waals surface area contributed by atoms with E-state index >= 15 is 0 Å². The Hall–Kier alpha value is -1.31. The zero-order valence-electron chi connectivity index (χ0n) is 12.9. The minimum absolute atomic E-state index is 0.290. The zero-order valence-corrected chi connectivity index (χ0v) is 12.9. The van der Waals surface area contributed by atoms with Crippen LogP contribution in [-0.2, 0) is 4.79 Å². The van der Waals surface area contributed by atoms with Gasteiger partial charge in [0.1, 0.15) is 0 Å². The lowest BCUT2D eigenvalue weighted by Gasteiger charge is -1.92. The Kier molecular flexibility index (Phi) is 14.7. The van der Waals surface area contributed by atoms with Crippen molar-refractivity contribution in [3.05, 3.63) is 36.5 Å². The largest absolute Gasteiger partial charge is 0.481 e. The van der Waals surface area contributed by atoms with Crippen molar-refractivity contribution in [2.24, 2.45) is 0 Å². The number of unbranched alkanes of at least 4 members (excludes halogenated alkanes) is 5. The van der Waals surface area contributed by atoms with Crippen LogP contribution < -0.4 is 0 Å². The summed E-state index contributed by atoms with van der Waals surface area (Å²) in [5.74, 6) is -0.695. The molecule has 0 saturated heterocycles. The van der Waals surface area contributed by atoms with Crippen molar-refractivity contribution < 1.29 is 9.90 Å². The van der Waals surface area contributed by atoms with E-state index in [1.807, 2.05) is 0 Å². The molecule has 0 atom stereocenters. The molecule has 0 aliphatic heterocycles. The van der Waals surface area contributed by atoms with Crippen LogP contribution >= 0.6 is 0 Å². The van der Waals surface area contributed by atoms with Crippen molar-refractivity contribution >= 4 is 5.97 Å². The third-order valence-corrected chi connectivity index (χ3v) is 3.03. The van der Waals surface area contributed by atoms with E-state index in [0.717, 1.165) is 32.1 Å². The number of hydrogen-bond acceptors (Lipinski definition) is 1. The first-order valence-corrected chi connectivity index (χ1v) is 7.94. The maximum Gasteiger partial charge on any atom is 0.303 e. The molecule has 2 heteroatoms. The lowest BCUT2D eigenvalue weighted by atomic mass is 10.2. The van der Waals surface area contributed by atoms with Gasteiger partial charge in [-0.2, -0.15) is 0 Å². The highest BCUT2D eigenvalue weighted by Gasteiger charge is 1.93. The van der Waals surface area contributed by atoms with Gasteiger partial charge >= 0.3 is 5.97 Å². The molecule has 114 valence electrons. The summed E-state index contributed by atoms with van der Waals surface area (Å²) in [5, 5.41) is 8.48. The fourth-order valence-electron chi connectivity index (χ4n) is 1.83. The first-order chi connectivity index (χ1) is 9.77. The van der Waals surface area contributed by atoms with Gasteiger partial charge in [-0.3, -0.25) is 4.79 Å². The molecule has 0 fully saturated rings. The smallest absolute Gasteiger partial charge is 0.303 e. The molecule has 0 saturated carbocycles. The average Bonchev–Trinajstić information content (AvgIpc) is 2.43. The van der Waals surface area contributed by atoms with Crippen LogP contribution in [0.3, 0.4) is 0 Å². The first kappa shape index (κ1) is 18.7. The summed E-state index contributed by atoms with van der Waals surface area (Å²) in [5.41, 5.74) is 0. The summed E-state index contributed by atoms with van der Waals surface area (Å²) in [7, 11) is 0. The number of aliphatic carboxylic acids is 1. The highest BCUT2D eigenvalue weighted by Crippen LogP contribution is 2.02. The summed E-state index contributed by atoms with van der Waals surface area (Å²) in [4.78, 5) is 10.3. The third kappa shape index (κ3) is 16.7. The predicted octanol–water partition coefficient (Wildman–Crippen LogP) is 5.66. The van der Waals surface area contributed by atoms with Crippen LogP contribution in [0.1, 0.15) is 71.1 Å². The third-order valence-electron chi connectivity index (χ3n) is 3.03. The van der Waals surface area contributed by atoms with Crippen LogP contribution in [0.5, 0.6) is 0 Å². The van der Waals surface area contributed by atoms with E-state index in [1.165, 1.54) is 25.7 Å². The fourth-order valence-corrected chi connectivity index (χ4v) is 1.83. The molecular weight excluding hydrogens is 248 g/mol. The van der Waals surface area contributed by atoms with E-state index in [9.17, 15) is 4.79 Å². The van der Waals surface area contributed by atoms with Gasteiger partial charge in [-0.05, 0) is 44.9 Å². The normalized spacial score (nSPS) is 12.1. The van der Waals surface area contributed by atoms with Crippen LogP contribution in [0.15, 0.2) is 36.5 Å². The topological polar surface area (TPSA) is 37.3 Å². The van der Waals surface area contributed by atoms with Gasteiger partial charge in [0.15, 0.2) is 0 Å². The summed E-state index contributed by atoms with van der Waals surface area (Å²) >= 11 is 0. The Morgan fingerprint density at radius 2 is 1.30 bits per heavy atom. The number of carboxylic acids is 1. The molecule has 20 heavy (non-hydrogen) atoms. The quantitative estimate of drug-likeness (QED) is 0.348. The van der Waals surface area contributed by atoms with Crippen LogP contribution in [0, 0.1) is 0 Å². The van der Waals surface area contributed by atoms with Crippen LogP contribution in [0.2, 0.25) is 0 Å². The minimum Gasteiger partial charge on any atom is -0.481 e. The van der Waals surface area contributed by atoms with Gasteiger partial charge in [-0.15, -0.1) is 0 Å².